The molecule has 1 aromatic rings. The number of hydrazine groups is 1. The molecule has 0 bridgehead atoms. The van der Waals surface area contributed by atoms with Crippen LogP contribution in [0.4, 0.5) is 5.82 Å². The zero-order valence-corrected chi connectivity index (χ0v) is 12.3. The first kappa shape index (κ1) is 14.5. The molecule has 106 valence electrons. The van der Waals surface area contributed by atoms with Gasteiger partial charge < -0.3 is 5.43 Å². The maximum Gasteiger partial charge on any atom is 0.140 e. The van der Waals surface area contributed by atoms with E-state index in [1.54, 1.807) is 6.07 Å². The van der Waals surface area contributed by atoms with Gasteiger partial charge in [-0.05, 0) is 26.0 Å². The van der Waals surface area contributed by atoms with E-state index in [1.807, 2.05) is 6.07 Å². The highest BCUT2D eigenvalue weighted by Crippen LogP contribution is 2.19. The van der Waals surface area contributed by atoms with E-state index in [0.29, 0.717) is 16.9 Å². The monoisotopic (exact) mass is 283 g/mol. The van der Waals surface area contributed by atoms with Crippen LogP contribution in [-0.4, -0.2) is 47.0 Å². The van der Waals surface area contributed by atoms with Gasteiger partial charge in [0.2, 0.25) is 0 Å². The van der Waals surface area contributed by atoms with Gasteiger partial charge in [0.1, 0.15) is 5.82 Å². The molecule has 0 aromatic carbocycles. The molecule has 6 heteroatoms. The minimum atomic E-state index is 0.619. The third-order valence-electron chi connectivity index (χ3n) is 3.58. The molecule has 3 N–H and O–H groups in total. The van der Waals surface area contributed by atoms with Crippen molar-refractivity contribution in [2.24, 2.45) is 5.84 Å². The van der Waals surface area contributed by atoms with Crippen LogP contribution in [0.1, 0.15) is 19.5 Å². The van der Waals surface area contributed by atoms with Crippen LogP contribution < -0.4 is 11.3 Å². The van der Waals surface area contributed by atoms with Gasteiger partial charge in [0.15, 0.2) is 0 Å². The molecule has 5 nitrogen and oxygen atoms in total. The molecule has 1 aromatic heterocycles. The van der Waals surface area contributed by atoms with Gasteiger partial charge in [0.25, 0.3) is 0 Å². The van der Waals surface area contributed by atoms with E-state index in [4.69, 9.17) is 17.4 Å². The topological polar surface area (TPSA) is 57.4 Å². The molecular formula is C13H22ClN5. The van der Waals surface area contributed by atoms with Crippen LogP contribution in [-0.2, 0) is 6.54 Å². The van der Waals surface area contributed by atoms with Gasteiger partial charge >= 0.3 is 0 Å². The summed E-state index contributed by atoms with van der Waals surface area (Å²) in [6, 6.07) is 4.24. The SMILES string of the molecule is CC(C)N1CCN(Cc2nc(NN)ccc2Cl)CC1. The molecule has 0 amide bonds. The number of nitrogens with one attached hydrogen (secondary N) is 1. The van der Waals surface area contributed by atoms with Crippen molar-refractivity contribution in [3.8, 4) is 0 Å². The predicted octanol–water partition coefficient (Wildman–Crippen LogP) is 1.55. The highest BCUT2D eigenvalue weighted by atomic mass is 35.5. The fraction of sp³-hybridized carbons (Fsp3) is 0.615. The maximum absolute atomic E-state index is 6.18. The Balaban J connectivity index is 1.95. The van der Waals surface area contributed by atoms with Gasteiger partial charge in [-0.1, -0.05) is 11.6 Å². The van der Waals surface area contributed by atoms with Crippen molar-refractivity contribution in [2.75, 3.05) is 31.6 Å². The summed E-state index contributed by atoms with van der Waals surface area (Å²) in [7, 11) is 0. The molecular weight excluding hydrogens is 262 g/mol. The maximum atomic E-state index is 6.18. The van der Waals surface area contributed by atoms with Crippen LogP contribution in [0.25, 0.3) is 0 Å². The number of nitrogen functional groups attached to an aromatic ring is 1. The van der Waals surface area contributed by atoms with Gasteiger partial charge in [-0.2, -0.15) is 0 Å². The van der Waals surface area contributed by atoms with Crippen LogP contribution in [0, 0.1) is 0 Å². The van der Waals surface area contributed by atoms with Gasteiger partial charge in [0.05, 0.1) is 10.7 Å². The van der Waals surface area contributed by atoms with Crippen molar-refractivity contribution >= 4 is 17.4 Å². The van der Waals surface area contributed by atoms with Crippen molar-refractivity contribution in [2.45, 2.75) is 26.4 Å². The van der Waals surface area contributed by atoms with Crippen LogP contribution in [0.3, 0.4) is 0 Å². The summed E-state index contributed by atoms with van der Waals surface area (Å²) in [5.41, 5.74) is 3.44. The first-order valence-corrected chi connectivity index (χ1v) is 7.06. The third-order valence-corrected chi connectivity index (χ3v) is 3.92. The molecule has 2 rings (SSSR count). The third kappa shape index (κ3) is 3.79. The number of pyridine rings is 1. The number of rotatable bonds is 4. The lowest BCUT2D eigenvalue weighted by atomic mass is 10.2. The van der Waals surface area contributed by atoms with Gasteiger partial charge in [-0.25, -0.2) is 10.8 Å². The molecule has 0 spiro atoms. The Bertz CT molecular complexity index is 415. The average molecular weight is 284 g/mol. The molecule has 1 aliphatic rings. The Hall–Kier alpha value is -0.880. The largest absolute Gasteiger partial charge is 0.308 e. The number of hydrogen-bond donors (Lipinski definition) is 2. The zero-order valence-electron chi connectivity index (χ0n) is 11.6. The van der Waals surface area contributed by atoms with Gasteiger partial charge in [0, 0.05) is 38.8 Å². The Labute approximate surface area is 119 Å². The normalized spacial score (nSPS) is 17.9. The molecule has 19 heavy (non-hydrogen) atoms. The van der Waals surface area contributed by atoms with Crippen molar-refractivity contribution in [3.05, 3.63) is 22.8 Å². The number of nitrogens with two attached hydrogens (primary N) is 1. The summed E-state index contributed by atoms with van der Waals surface area (Å²) in [6.45, 7) is 9.57. The van der Waals surface area contributed by atoms with Crippen molar-refractivity contribution < 1.29 is 0 Å². The summed E-state index contributed by atoms with van der Waals surface area (Å²) in [4.78, 5) is 9.29. The summed E-state index contributed by atoms with van der Waals surface area (Å²) >= 11 is 6.18. The van der Waals surface area contributed by atoms with Crippen LogP contribution >= 0.6 is 11.6 Å². The summed E-state index contributed by atoms with van der Waals surface area (Å²) < 4.78 is 0. The van der Waals surface area contributed by atoms with Crippen LogP contribution in [0.5, 0.6) is 0 Å². The molecule has 0 unspecified atom stereocenters. The number of anilines is 1. The summed E-state index contributed by atoms with van der Waals surface area (Å²) in [5.74, 6) is 6.03. The zero-order chi connectivity index (χ0) is 13.8. The second-order valence-corrected chi connectivity index (χ2v) is 5.58. The Morgan fingerprint density at radius 3 is 2.58 bits per heavy atom. The van der Waals surface area contributed by atoms with E-state index in [2.05, 4.69) is 34.1 Å². The van der Waals surface area contributed by atoms with E-state index in [1.165, 1.54) is 0 Å². The fourth-order valence-corrected chi connectivity index (χ4v) is 2.49. The number of halogens is 1. The quantitative estimate of drug-likeness (QED) is 0.649. The van der Waals surface area contributed by atoms with E-state index in [0.717, 1.165) is 38.4 Å². The Kier molecular flexibility index (Phi) is 4.99. The standard InChI is InChI=1S/C13H22ClN5/c1-10(2)19-7-5-18(6-8-19)9-12-11(14)3-4-13(16-12)17-15/h3-4,10H,5-9,15H2,1-2H3,(H,16,17). The Morgan fingerprint density at radius 1 is 1.32 bits per heavy atom. The lowest BCUT2D eigenvalue weighted by molar-refractivity contribution is 0.103. The number of hydrogen-bond acceptors (Lipinski definition) is 5. The first-order chi connectivity index (χ1) is 9.10. The molecule has 0 radical (unpaired) electrons. The number of aromatic nitrogens is 1. The van der Waals surface area contributed by atoms with Gasteiger partial charge in [-0.3, -0.25) is 9.80 Å². The molecule has 1 saturated heterocycles. The minimum Gasteiger partial charge on any atom is -0.308 e. The first-order valence-electron chi connectivity index (χ1n) is 6.68. The highest BCUT2D eigenvalue weighted by Gasteiger charge is 2.19. The van der Waals surface area contributed by atoms with Crippen LogP contribution in [0.2, 0.25) is 5.02 Å². The predicted molar refractivity (Wildman–Crippen MR) is 79.0 cm³/mol. The molecule has 0 saturated carbocycles. The molecule has 2 heterocycles. The minimum absolute atomic E-state index is 0.619. The molecule has 0 atom stereocenters. The van der Waals surface area contributed by atoms with E-state index in [9.17, 15) is 0 Å². The lowest BCUT2D eigenvalue weighted by Crippen LogP contribution is -2.48. The van der Waals surface area contributed by atoms with Crippen LogP contribution in [0.15, 0.2) is 12.1 Å². The summed E-state index contributed by atoms with van der Waals surface area (Å²) in [6.07, 6.45) is 0. The highest BCUT2D eigenvalue weighted by molar-refractivity contribution is 6.31. The average Bonchev–Trinajstić information content (AvgIpc) is 2.42. The number of nitrogens with zero attached hydrogens (tertiary/aromatic N) is 3. The van der Waals surface area contributed by atoms with Gasteiger partial charge in [-0.15, -0.1) is 0 Å². The van der Waals surface area contributed by atoms with Crippen molar-refractivity contribution in [1.29, 1.82) is 0 Å². The van der Waals surface area contributed by atoms with E-state index in [-0.39, 0.29) is 0 Å². The van der Waals surface area contributed by atoms with E-state index >= 15 is 0 Å². The molecule has 1 aliphatic heterocycles. The fourth-order valence-electron chi connectivity index (χ4n) is 2.33. The second-order valence-electron chi connectivity index (χ2n) is 5.18. The Morgan fingerprint density at radius 2 is 2.00 bits per heavy atom. The smallest absolute Gasteiger partial charge is 0.140 e. The number of piperazine rings is 1. The van der Waals surface area contributed by atoms with E-state index < -0.39 is 0 Å². The second kappa shape index (κ2) is 6.52. The lowest BCUT2D eigenvalue weighted by Gasteiger charge is -2.36. The summed E-state index contributed by atoms with van der Waals surface area (Å²) in [5, 5.41) is 0.699. The molecule has 0 aliphatic carbocycles. The van der Waals surface area contributed by atoms with Crippen molar-refractivity contribution in [3.63, 3.8) is 0 Å². The van der Waals surface area contributed by atoms with Crippen molar-refractivity contribution in [1.82, 2.24) is 14.8 Å². The molecule has 1 fully saturated rings.